The van der Waals surface area contributed by atoms with Crippen LogP contribution in [0.5, 0.6) is 0 Å². The Kier molecular flexibility index (Phi) is 9.27. The molecule has 2 heterocycles. The maximum atomic E-state index is 14.8. The van der Waals surface area contributed by atoms with Gasteiger partial charge in [-0.25, -0.2) is 4.39 Å². The third-order valence-electron chi connectivity index (χ3n) is 6.12. The molecule has 2 aromatic rings. The minimum Gasteiger partial charge on any atom is -0.468 e. The first-order chi connectivity index (χ1) is 16.4. The Morgan fingerprint density at radius 3 is 2.66 bits per heavy atom. The number of ether oxygens (including phenoxy) is 1. The summed E-state index contributed by atoms with van der Waals surface area (Å²) in [5.41, 5.74) is 2.15. The van der Waals surface area contributed by atoms with Crippen LogP contribution in [0.2, 0.25) is 0 Å². The molecule has 0 amide bonds. The Morgan fingerprint density at radius 2 is 2.00 bits per heavy atom. The second kappa shape index (κ2) is 12.0. The number of ketones is 1. The van der Waals surface area contributed by atoms with Crippen LogP contribution in [0.4, 0.5) is 4.39 Å². The fraction of sp³-hybridized carbons (Fsp3) is 0.440. The zero-order chi connectivity index (χ0) is 24.2. The third-order valence-corrected chi connectivity index (χ3v) is 7.28. The van der Waals surface area contributed by atoms with Crippen molar-refractivity contribution >= 4 is 47.1 Å². The van der Waals surface area contributed by atoms with E-state index in [9.17, 15) is 18.8 Å². The summed E-state index contributed by atoms with van der Waals surface area (Å²) in [5, 5.41) is 4.18. The second-order valence-corrected chi connectivity index (χ2v) is 10.1. The van der Waals surface area contributed by atoms with Crippen LogP contribution < -0.4 is 0 Å². The minimum atomic E-state index is -0.651. The lowest BCUT2D eigenvalue weighted by molar-refractivity contribution is -0.141. The van der Waals surface area contributed by atoms with Crippen LogP contribution in [0, 0.1) is 11.7 Å². The van der Waals surface area contributed by atoms with Gasteiger partial charge in [-0.15, -0.1) is 12.4 Å². The summed E-state index contributed by atoms with van der Waals surface area (Å²) in [6.07, 6.45) is 7.70. The largest absolute Gasteiger partial charge is 0.468 e. The van der Waals surface area contributed by atoms with Crippen molar-refractivity contribution in [1.82, 2.24) is 14.7 Å². The van der Waals surface area contributed by atoms with Gasteiger partial charge in [-0.05, 0) is 30.9 Å². The van der Waals surface area contributed by atoms with Crippen molar-refractivity contribution in [1.29, 1.82) is 0 Å². The molecule has 1 aliphatic heterocycles. The molecule has 2 atom stereocenters. The number of benzene rings is 1. The number of carbonyl (C=O) groups is 3. The van der Waals surface area contributed by atoms with Crippen LogP contribution >= 0.6 is 24.2 Å². The average molecular weight is 522 g/mol. The molecule has 2 unspecified atom stereocenters. The number of aromatic nitrogens is 2. The molecular formula is C25H29ClFN3O4S. The van der Waals surface area contributed by atoms with Gasteiger partial charge in [-0.3, -0.25) is 24.0 Å². The number of hydrogen-bond donors (Lipinski definition) is 0. The first-order valence-corrected chi connectivity index (χ1v) is 12.2. The smallest absolute Gasteiger partial charge is 0.327 e. The van der Waals surface area contributed by atoms with Gasteiger partial charge in [0.1, 0.15) is 12.4 Å². The summed E-state index contributed by atoms with van der Waals surface area (Å²) in [6, 6.07) is 5.83. The number of likely N-dealkylation sites (tertiary alicyclic amines) is 1. The molecule has 1 saturated heterocycles. The fourth-order valence-corrected chi connectivity index (χ4v) is 5.26. The van der Waals surface area contributed by atoms with Crippen molar-refractivity contribution < 1.29 is 23.5 Å². The zero-order valence-electron chi connectivity index (χ0n) is 19.7. The monoisotopic (exact) mass is 521 g/mol. The van der Waals surface area contributed by atoms with E-state index in [1.54, 1.807) is 37.5 Å². The molecule has 1 aromatic heterocycles. The third kappa shape index (κ3) is 6.80. The highest BCUT2D eigenvalue weighted by Gasteiger charge is 2.41. The molecule has 188 valence electrons. The molecule has 0 N–H and O–H groups in total. The van der Waals surface area contributed by atoms with Crippen LogP contribution in [-0.4, -0.2) is 57.0 Å². The van der Waals surface area contributed by atoms with E-state index in [-0.39, 0.29) is 46.8 Å². The lowest BCUT2D eigenvalue weighted by Crippen LogP contribution is -2.43. The number of nitrogens with zero attached hydrogens (tertiary/aromatic N) is 3. The number of Topliss-reactive ketones (excluding diaryl/α,β-unsaturated/α-hetero) is 1. The fourth-order valence-electron chi connectivity index (χ4n) is 4.35. The first-order valence-electron chi connectivity index (χ1n) is 11.3. The predicted octanol–water partition coefficient (Wildman–Crippen LogP) is 4.07. The van der Waals surface area contributed by atoms with Gasteiger partial charge in [0.2, 0.25) is 0 Å². The SMILES string of the molecule is COC(=O)Cn1cc(/C=C2\CN(C(C(=O)C3CC3)c3ccccc3F)CCC2SC(C)=O)cn1.Cl. The summed E-state index contributed by atoms with van der Waals surface area (Å²) in [7, 11) is 1.32. The van der Waals surface area contributed by atoms with Gasteiger partial charge in [0.15, 0.2) is 10.9 Å². The standard InChI is InChI=1S/C25H28FN3O4S.ClH/c1-16(30)34-22-9-10-28(14-19(22)11-17-12-27-29(13-17)15-23(31)33-2)24(25(32)18-7-8-18)20-5-3-4-6-21(20)26;/h3-6,11-13,18,22,24H,7-10,14-15H2,1-2H3;1H/b19-11+;. The Hall–Kier alpha value is -2.49. The molecule has 10 heteroatoms. The normalized spacial score (nSPS) is 20.2. The Labute approximate surface area is 214 Å². The second-order valence-electron chi connectivity index (χ2n) is 8.72. The van der Waals surface area contributed by atoms with Crippen molar-refractivity contribution in [2.75, 3.05) is 20.2 Å². The maximum absolute atomic E-state index is 14.8. The van der Waals surface area contributed by atoms with Crippen LogP contribution in [0.3, 0.4) is 0 Å². The minimum absolute atomic E-state index is 0. The topological polar surface area (TPSA) is 81.5 Å². The number of rotatable bonds is 8. The summed E-state index contributed by atoms with van der Waals surface area (Å²) >= 11 is 1.27. The van der Waals surface area contributed by atoms with E-state index >= 15 is 0 Å². The Balaban J connectivity index is 0.00000342. The number of hydrogen-bond acceptors (Lipinski definition) is 7. The van der Waals surface area contributed by atoms with Crippen molar-refractivity contribution in [2.45, 2.75) is 44.0 Å². The van der Waals surface area contributed by atoms with Gasteiger partial charge in [0.25, 0.3) is 0 Å². The zero-order valence-corrected chi connectivity index (χ0v) is 21.3. The molecule has 2 fully saturated rings. The van der Waals surface area contributed by atoms with Crippen LogP contribution in [-0.2, 0) is 25.7 Å². The highest BCUT2D eigenvalue weighted by Crippen LogP contribution is 2.40. The molecular weight excluding hydrogens is 493 g/mol. The summed E-state index contributed by atoms with van der Waals surface area (Å²) in [4.78, 5) is 38.8. The van der Waals surface area contributed by atoms with Gasteiger partial charge in [0, 0.05) is 48.5 Å². The van der Waals surface area contributed by atoms with E-state index in [0.717, 1.165) is 24.0 Å². The summed E-state index contributed by atoms with van der Waals surface area (Å²) in [6.45, 7) is 2.57. The van der Waals surface area contributed by atoms with E-state index in [1.807, 2.05) is 11.0 Å². The van der Waals surface area contributed by atoms with Crippen LogP contribution in [0.15, 0.2) is 42.2 Å². The lowest BCUT2D eigenvalue weighted by Gasteiger charge is -2.38. The number of thioether (sulfide) groups is 1. The Bertz CT molecular complexity index is 1120. The quantitative estimate of drug-likeness (QED) is 0.484. The van der Waals surface area contributed by atoms with E-state index < -0.39 is 12.0 Å². The molecule has 0 radical (unpaired) electrons. The lowest BCUT2D eigenvalue weighted by atomic mass is 9.93. The van der Waals surface area contributed by atoms with Crippen LogP contribution in [0.25, 0.3) is 6.08 Å². The molecule has 2 aliphatic rings. The molecule has 1 saturated carbocycles. The molecule has 1 aliphatic carbocycles. The number of methoxy groups -OCH3 is 1. The number of halogens is 2. The molecule has 0 spiro atoms. The average Bonchev–Trinajstić information content (AvgIpc) is 3.57. The number of esters is 1. The van der Waals surface area contributed by atoms with E-state index in [1.165, 1.54) is 29.6 Å². The highest BCUT2D eigenvalue weighted by atomic mass is 35.5. The molecule has 0 bridgehead atoms. The van der Waals surface area contributed by atoms with Gasteiger partial charge in [-0.2, -0.15) is 5.10 Å². The van der Waals surface area contributed by atoms with E-state index in [0.29, 0.717) is 25.1 Å². The Morgan fingerprint density at radius 1 is 1.26 bits per heavy atom. The van der Waals surface area contributed by atoms with Crippen molar-refractivity contribution in [3.8, 4) is 0 Å². The first kappa shape index (κ1) is 27.1. The number of piperidine rings is 1. The highest BCUT2D eigenvalue weighted by molar-refractivity contribution is 8.14. The molecule has 1 aromatic carbocycles. The van der Waals surface area contributed by atoms with Gasteiger partial charge < -0.3 is 4.74 Å². The van der Waals surface area contributed by atoms with Gasteiger partial charge >= 0.3 is 5.97 Å². The van der Waals surface area contributed by atoms with Crippen molar-refractivity contribution in [3.05, 3.63) is 59.2 Å². The van der Waals surface area contributed by atoms with Crippen molar-refractivity contribution in [3.63, 3.8) is 0 Å². The van der Waals surface area contributed by atoms with Gasteiger partial charge in [-0.1, -0.05) is 36.0 Å². The number of carbonyl (C=O) groups excluding carboxylic acids is 3. The molecule has 35 heavy (non-hydrogen) atoms. The molecule has 7 nitrogen and oxygen atoms in total. The van der Waals surface area contributed by atoms with Crippen LogP contribution in [0.1, 0.15) is 43.4 Å². The van der Waals surface area contributed by atoms with E-state index in [4.69, 9.17) is 0 Å². The summed E-state index contributed by atoms with van der Waals surface area (Å²) < 4.78 is 21.0. The predicted molar refractivity (Wildman–Crippen MR) is 135 cm³/mol. The summed E-state index contributed by atoms with van der Waals surface area (Å²) in [5.74, 6) is -0.732. The maximum Gasteiger partial charge on any atom is 0.327 e. The molecule has 4 rings (SSSR count). The van der Waals surface area contributed by atoms with E-state index in [2.05, 4.69) is 9.84 Å². The van der Waals surface area contributed by atoms with Crippen molar-refractivity contribution in [2.24, 2.45) is 5.92 Å². The van der Waals surface area contributed by atoms with Gasteiger partial charge in [0.05, 0.1) is 19.3 Å².